The van der Waals surface area contributed by atoms with Gasteiger partial charge in [0.1, 0.15) is 5.15 Å². The van der Waals surface area contributed by atoms with Crippen molar-refractivity contribution in [3.05, 3.63) is 23.5 Å². The van der Waals surface area contributed by atoms with E-state index in [1.54, 1.807) is 6.20 Å². The van der Waals surface area contributed by atoms with Crippen LogP contribution in [0, 0.1) is 0 Å². The molecule has 3 nitrogen and oxygen atoms in total. The van der Waals surface area contributed by atoms with Crippen molar-refractivity contribution in [3.8, 4) is 0 Å². The molecule has 0 aromatic carbocycles. The highest BCUT2D eigenvalue weighted by atomic mass is 35.5. The molecule has 0 amide bonds. The minimum atomic E-state index is 0.561. The minimum Gasteiger partial charge on any atom is -0.381 e. The number of halogens is 1. The van der Waals surface area contributed by atoms with Crippen LogP contribution in [0.1, 0.15) is 19.3 Å². The summed E-state index contributed by atoms with van der Waals surface area (Å²) in [5.74, 6) is 0. The smallest absolute Gasteiger partial charge is 0.131 e. The SMILES string of the molecule is Clc1cc(NC2CCN3CCCC23)ccn1. The van der Waals surface area contributed by atoms with E-state index in [1.165, 1.54) is 32.4 Å². The highest BCUT2D eigenvalue weighted by molar-refractivity contribution is 6.29. The predicted molar refractivity (Wildman–Crippen MR) is 65.9 cm³/mol. The maximum atomic E-state index is 5.88. The van der Waals surface area contributed by atoms with Gasteiger partial charge < -0.3 is 5.32 Å². The fourth-order valence-corrected chi connectivity index (χ4v) is 3.13. The van der Waals surface area contributed by atoms with Crippen LogP contribution in [0.5, 0.6) is 0 Å². The monoisotopic (exact) mass is 237 g/mol. The van der Waals surface area contributed by atoms with E-state index < -0.39 is 0 Å². The Bertz CT molecular complexity index is 382. The molecule has 0 aliphatic carbocycles. The second-order valence-electron chi connectivity index (χ2n) is 4.65. The van der Waals surface area contributed by atoms with Gasteiger partial charge in [0.2, 0.25) is 0 Å². The molecular formula is C12H16ClN3. The van der Waals surface area contributed by atoms with Crippen molar-refractivity contribution in [2.45, 2.75) is 31.3 Å². The maximum Gasteiger partial charge on any atom is 0.131 e. The Morgan fingerprint density at radius 3 is 3.19 bits per heavy atom. The van der Waals surface area contributed by atoms with E-state index in [2.05, 4.69) is 15.2 Å². The Morgan fingerprint density at radius 1 is 1.38 bits per heavy atom. The molecule has 0 bridgehead atoms. The number of fused-ring (bicyclic) bond motifs is 1. The van der Waals surface area contributed by atoms with E-state index in [0.717, 1.165) is 11.7 Å². The van der Waals surface area contributed by atoms with Gasteiger partial charge in [0.15, 0.2) is 0 Å². The summed E-state index contributed by atoms with van der Waals surface area (Å²) < 4.78 is 0. The van der Waals surface area contributed by atoms with E-state index in [1.807, 2.05) is 12.1 Å². The van der Waals surface area contributed by atoms with E-state index in [4.69, 9.17) is 11.6 Å². The Labute approximate surface area is 101 Å². The standard InChI is InChI=1S/C12H16ClN3/c13-12-8-9(3-5-14-12)15-10-4-7-16-6-1-2-11(10)16/h3,5,8,10-11H,1-2,4,6-7H2,(H,14,15). The normalized spacial score (nSPS) is 29.3. The van der Waals surface area contributed by atoms with Crippen LogP contribution in [-0.2, 0) is 0 Å². The molecule has 86 valence electrons. The van der Waals surface area contributed by atoms with E-state index in [0.29, 0.717) is 11.2 Å². The average Bonchev–Trinajstić information content (AvgIpc) is 2.83. The zero-order valence-corrected chi connectivity index (χ0v) is 9.95. The predicted octanol–water partition coefficient (Wildman–Crippen LogP) is 2.38. The molecule has 1 N–H and O–H groups in total. The van der Waals surface area contributed by atoms with Gasteiger partial charge in [-0.3, -0.25) is 4.90 Å². The molecule has 3 rings (SSSR count). The van der Waals surface area contributed by atoms with Crippen molar-refractivity contribution in [2.24, 2.45) is 0 Å². The Balaban J connectivity index is 1.71. The lowest BCUT2D eigenvalue weighted by molar-refractivity contribution is 0.318. The van der Waals surface area contributed by atoms with Crippen molar-refractivity contribution < 1.29 is 0 Å². The van der Waals surface area contributed by atoms with Gasteiger partial charge in [0, 0.05) is 30.5 Å². The lowest BCUT2D eigenvalue weighted by Gasteiger charge is -2.22. The Kier molecular flexibility index (Phi) is 2.74. The van der Waals surface area contributed by atoms with Crippen LogP contribution in [0.4, 0.5) is 5.69 Å². The van der Waals surface area contributed by atoms with Gasteiger partial charge in [0.05, 0.1) is 0 Å². The second-order valence-corrected chi connectivity index (χ2v) is 5.04. The molecule has 3 heterocycles. The van der Waals surface area contributed by atoms with Crippen molar-refractivity contribution in [2.75, 3.05) is 18.4 Å². The fourth-order valence-electron chi connectivity index (χ4n) is 2.96. The third kappa shape index (κ3) is 1.89. The molecule has 2 aliphatic heterocycles. The maximum absolute atomic E-state index is 5.88. The first kappa shape index (κ1) is 10.4. The molecule has 2 atom stereocenters. The third-order valence-corrected chi connectivity index (χ3v) is 3.89. The summed E-state index contributed by atoms with van der Waals surface area (Å²) in [4.78, 5) is 6.59. The second kappa shape index (κ2) is 4.22. The van der Waals surface area contributed by atoms with Gasteiger partial charge in [-0.25, -0.2) is 4.98 Å². The van der Waals surface area contributed by atoms with Crippen molar-refractivity contribution in [1.82, 2.24) is 9.88 Å². The highest BCUT2D eigenvalue weighted by Crippen LogP contribution is 2.30. The average molecular weight is 238 g/mol. The summed E-state index contributed by atoms with van der Waals surface area (Å²) in [7, 11) is 0. The first-order chi connectivity index (χ1) is 7.83. The first-order valence-corrected chi connectivity index (χ1v) is 6.33. The number of rotatable bonds is 2. The lowest BCUT2D eigenvalue weighted by atomic mass is 10.1. The van der Waals surface area contributed by atoms with Gasteiger partial charge in [0.25, 0.3) is 0 Å². The van der Waals surface area contributed by atoms with Crippen LogP contribution in [0.25, 0.3) is 0 Å². The van der Waals surface area contributed by atoms with Crippen molar-refractivity contribution >= 4 is 17.3 Å². The van der Waals surface area contributed by atoms with Crippen LogP contribution in [0.2, 0.25) is 5.15 Å². The summed E-state index contributed by atoms with van der Waals surface area (Å²) in [5.41, 5.74) is 1.10. The van der Waals surface area contributed by atoms with Crippen LogP contribution >= 0.6 is 11.6 Å². The molecule has 1 aromatic rings. The van der Waals surface area contributed by atoms with Gasteiger partial charge in [-0.05, 0) is 37.9 Å². The quantitative estimate of drug-likeness (QED) is 0.801. The third-order valence-electron chi connectivity index (χ3n) is 3.68. The van der Waals surface area contributed by atoms with Gasteiger partial charge in [-0.1, -0.05) is 11.6 Å². The summed E-state index contributed by atoms with van der Waals surface area (Å²) in [6.45, 7) is 2.51. The summed E-state index contributed by atoms with van der Waals surface area (Å²) >= 11 is 5.88. The van der Waals surface area contributed by atoms with Gasteiger partial charge in [-0.15, -0.1) is 0 Å². The zero-order valence-electron chi connectivity index (χ0n) is 9.19. The lowest BCUT2D eigenvalue weighted by Crippen LogP contribution is -2.33. The van der Waals surface area contributed by atoms with Crippen molar-refractivity contribution in [1.29, 1.82) is 0 Å². The van der Waals surface area contributed by atoms with Crippen LogP contribution in [0.15, 0.2) is 18.3 Å². The number of pyridine rings is 1. The molecule has 2 aliphatic rings. The summed E-state index contributed by atoms with van der Waals surface area (Å²) in [5, 5.41) is 4.15. The number of nitrogens with one attached hydrogen (secondary N) is 1. The molecule has 0 radical (unpaired) electrons. The first-order valence-electron chi connectivity index (χ1n) is 5.95. The Morgan fingerprint density at radius 2 is 2.31 bits per heavy atom. The molecule has 2 unspecified atom stereocenters. The van der Waals surface area contributed by atoms with Crippen LogP contribution in [0.3, 0.4) is 0 Å². The van der Waals surface area contributed by atoms with Crippen LogP contribution < -0.4 is 5.32 Å². The van der Waals surface area contributed by atoms with Gasteiger partial charge in [-0.2, -0.15) is 0 Å². The number of hydrogen-bond acceptors (Lipinski definition) is 3. The largest absolute Gasteiger partial charge is 0.381 e. The molecule has 0 spiro atoms. The van der Waals surface area contributed by atoms with E-state index in [9.17, 15) is 0 Å². The molecule has 1 aromatic heterocycles. The highest BCUT2D eigenvalue weighted by Gasteiger charge is 2.36. The minimum absolute atomic E-state index is 0.561. The molecule has 2 fully saturated rings. The number of anilines is 1. The number of hydrogen-bond donors (Lipinski definition) is 1. The number of aromatic nitrogens is 1. The summed E-state index contributed by atoms with van der Waals surface area (Å²) in [6.07, 6.45) is 5.67. The molecule has 2 saturated heterocycles. The van der Waals surface area contributed by atoms with E-state index in [-0.39, 0.29) is 0 Å². The topological polar surface area (TPSA) is 28.2 Å². The van der Waals surface area contributed by atoms with E-state index >= 15 is 0 Å². The number of nitrogens with zero attached hydrogens (tertiary/aromatic N) is 2. The molecule has 4 heteroatoms. The molecule has 16 heavy (non-hydrogen) atoms. The van der Waals surface area contributed by atoms with Crippen LogP contribution in [-0.4, -0.2) is 35.1 Å². The van der Waals surface area contributed by atoms with Crippen molar-refractivity contribution in [3.63, 3.8) is 0 Å². The summed E-state index contributed by atoms with van der Waals surface area (Å²) in [6, 6.07) is 5.20. The Hall–Kier alpha value is -0.800. The fraction of sp³-hybridized carbons (Fsp3) is 0.583. The molecule has 0 saturated carbocycles. The molecular weight excluding hydrogens is 222 g/mol. The zero-order chi connectivity index (χ0) is 11.0. The van der Waals surface area contributed by atoms with Gasteiger partial charge >= 0.3 is 0 Å².